The summed E-state index contributed by atoms with van der Waals surface area (Å²) < 4.78 is 140. The Morgan fingerprint density at radius 3 is 1.63 bits per heavy atom. The molecule has 62 heavy (non-hydrogen) atoms. The van der Waals surface area contributed by atoms with Crippen molar-refractivity contribution in [1.82, 2.24) is 29.9 Å². The molecule has 6 rings (SSSR count). The van der Waals surface area contributed by atoms with Crippen LogP contribution in [0.5, 0.6) is 0 Å². The van der Waals surface area contributed by atoms with E-state index in [1.165, 1.54) is 0 Å². The summed E-state index contributed by atoms with van der Waals surface area (Å²) in [5.74, 6) is -2.67. The summed E-state index contributed by atoms with van der Waals surface area (Å²) in [4.78, 5) is 32.0. The number of hydrazone groups is 1. The molecule has 0 radical (unpaired) electrons. The van der Waals surface area contributed by atoms with Gasteiger partial charge in [-0.1, -0.05) is 0 Å². The Labute approximate surface area is 356 Å². The fraction of sp³-hybridized carbons (Fsp3) is 0. The first kappa shape index (κ1) is 44.9. The summed E-state index contributed by atoms with van der Waals surface area (Å²) in [5.41, 5.74) is 13.2. The third kappa shape index (κ3) is 9.94. The van der Waals surface area contributed by atoms with Gasteiger partial charge in [-0.05, 0) is 77.3 Å². The number of nitrogens with two attached hydrogens (primary N) is 3. The maximum absolute atomic E-state index is 14.1. The number of carbonyl (C=O) groups is 1. The van der Waals surface area contributed by atoms with Gasteiger partial charge in [-0.25, -0.2) is 0 Å². The average molecular weight is 975 g/mol. The number of Topliss-reactive ketones (excluding diaryl/α,β-unsaturated/α-hetero) is 1. The quantitative estimate of drug-likeness (QED) is 0.0372. The Morgan fingerprint density at radius 2 is 1.13 bits per heavy atom. The van der Waals surface area contributed by atoms with Crippen molar-refractivity contribution in [3.8, 4) is 0 Å². The number of benzene rings is 3. The molecule has 0 bridgehead atoms. The van der Waals surface area contributed by atoms with Crippen LogP contribution in [0.15, 0.2) is 77.4 Å². The summed E-state index contributed by atoms with van der Waals surface area (Å²) in [5, 5.41) is 15.5. The maximum atomic E-state index is 14.1. The van der Waals surface area contributed by atoms with E-state index in [0.29, 0.717) is 12.1 Å². The fourth-order valence-corrected chi connectivity index (χ4v) is 8.12. The van der Waals surface area contributed by atoms with Gasteiger partial charge in [-0.15, -0.1) is 10.2 Å². The lowest BCUT2D eigenvalue weighted by Crippen LogP contribution is -2.28. The van der Waals surface area contributed by atoms with Crippen LogP contribution in [-0.2, 0) is 40.5 Å². The summed E-state index contributed by atoms with van der Waals surface area (Å²) >= 11 is 11.6. The number of ketones is 1. The van der Waals surface area contributed by atoms with Gasteiger partial charge in [0.25, 0.3) is 40.5 Å². The molecule has 324 valence electrons. The molecule has 0 amide bonds. The van der Waals surface area contributed by atoms with E-state index in [4.69, 9.17) is 40.4 Å². The summed E-state index contributed by atoms with van der Waals surface area (Å²) in [6.45, 7) is 0. The molecular weight excluding hydrogens is 954 g/mol. The number of hydrogen-bond acceptors (Lipinski definition) is 24. The third-order valence-electron chi connectivity index (χ3n) is 7.65. The van der Waals surface area contributed by atoms with Gasteiger partial charge < -0.3 is 27.8 Å². The predicted molar refractivity (Wildman–Crippen MR) is 217 cm³/mol. The molecule has 0 saturated carbocycles. The monoisotopic (exact) mass is 973 g/mol. The Bertz CT molecular complexity index is 3280. The lowest BCUT2D eigenvalue weighted by molar-refractivity contribution is 0.106. The fourth-order valence-electron chi connectivity index (χ4n) is 5.23. The van der Waals surface area contributed by atoms with Crippen molar-refractivity contribution in [1.29, 1.82) is 0 Å². The van der Waals surface area contributed by atoms with Crippen LogP contribution in [0.1, 0.15) is 15.9 Å². The van der Waals surface area contributed by atoms with E-state index in [1.807, 2.05) is 0 Å². The Kier molecular flexibility index (Phi) is 11.8. The SMILES string of the molecule is Nc1nc(Cl)nc(Nc2ccc(S(=O)(=O)O)c(N=Nc3c(S(=O)(=O)O)cc4c(c3N)C(=O)C(=NNc3cc(Nc5nc(N)nc(Cl)n5)ccc3S(=O)(=O)O)C(S(=O)(=O)O)=C4)c2)n1. The number of carbonyl (C=O) groups excluding carboxylic acids is 1. The topological polar surface area (TPSA) is 463 Å². The molecule has 0 aliphatic heterocycles. The standard InChI is InChI=1S/C28H21Cl2N15O13S4/c29-23-36-25(32)40-27(38-23)34-10-1-3-14(59(47,48)49)12(7-10)42-44-20-16(61(53,54)55)5-9-6-17(62(56,57)58)21(22(46)18(9)19(20)31)45-43-13-8-11(2-4-15(13)60(50,51)52)35-28-39-24(30)37-26(33)41-28/h1-8,43H,31H2,(H,47,48,49)(H,50,51,52)(H,53,54,55)(H,56,57,58)(H3,32,34,36,38,40)(H3,33,35,37,39,41). The molecule has 1 aliphatic rings. The molecule has 0 saturated heterocycles. The van der Waals surface area contributed by atoms with Crippen LogP contribution in [0.4, 0.5) is 57.9 Å². The molecule has 0 spiro atoms. The lowest BCUT2D eigenvalue weighted by Gasteiger charge is -2.20. The van der Waals surface area contributed by atoms with Crippen molar-refractivity contribution in [3.05, 3.63) is 69.1 Å². The first-order valence-corrected chi connectivity index (χ1v) is 22.3. The highest BCUT2D eigenvalue weighted by Gasteiger charge is 2.37. The van der Waals surface area contributed by atoms with Crippen molar-refractivity contribution in [3.63, 3.8) is 0 Å². The number of halogens is 2. The van der Waals surface area contributed by atoms with Gasteiger partial charge >= 0.3 is 0 Å². The van der Waals surface area contributed by atoms with Crippen LogP contribution in [0.3, 0.4) is 0 Å². The first-order valence-electron chi connectivity index (χ1n) is 15.7. The normalized spacial score (nSPS) is 14.1. The minimum Gasteiger partial charge on any atom is -0.396 e. The van der Waals surface area contributed by atoms with Crippen molar-refractivity contribution in [2.75, 3.05) is 33.3 Å². The summed E-state index contributed by atoms with van der Waals surface area (Å²) in [7, 11) is -21.1. The molecule has 0 unspecified atom stereocenters. The molecular formula is C28H21Cl2N15O13S4. The highest BCUT2D eigenvalue weighted by Crippen LogP contribution is 2.42. The van der Waals surface area contributed by atoms with Crippen molar-refractivity contribution >= 4 is 139 Å². The van der Waals surface area contributed by atoms with Crippen LogP contribution in [-0.4, -0.2) is 93.3 Å². The minimum atomic E-state index is -5.48. The zero-order valence-corrected chi connectivity index (χ0v) is 34.5. The number of allylic oxidation sites excluding steroid dienone is 1. The van der Waals surface area contributed by atoms with Crippen LogP contribution in [0.2, 0.25) is 10.6 Å². The van der Waals surface area contributed by atoms with Gasteiger partial charge in [0.2, 0.25) is 40.1 Å². The minimum absolute atomic E-state index is 0.0529. The van der Waals surface area contributed by atoms with Gasteiger partial charge in [0.15, 0.2) is 5.71 Å². The number of fused-ring (bicyclic) bond motifs is 1. The largest absolute Gasteiger partial charge is 0.396 e. The van der Waals surface area contributed by atoms with E-state index in [9.17, 15) is 56.7 Å². The number of nitrogen functional groups attached to an aromatic ring is 3. The number of hydrogen-bond donors (Lipinski definition) is 10. The lowest BCUT2D eigenvalue weighted by atomic mass is 9.92. The molecule has 28 nitrogen and oxygen atoms in total. The van der Waals surface area contributed by atoms with Gasteiger partial charge in [-0.2, -0.15) is 68.7 Å². The highest BCUT2D eigenvalue weighted by molar-refractivity contribution is 7.91. The van der Waals surface area contributed by atoms with Crippen molar-refractivity contribution < 1.29 is 56.7 Å². The van der Waals surface area contributed by atoms with Gasteiger partial charge in [0, 0.05) is 11.4 Å². The molecule has 2 aromatic heterocycles. The second-order valence-electron chi connectivity index (χ2n) is 11.8. The second kappa shape index (κ2) is 16.3. The van der Waals surface area contributed by atoms with E-state index in [1.54, 1.807) is 0 Å². The summed E-state index contributed by atoms with van der Waals surface area (Å²) in [6, 6.07) is 6.19. The van der Waals surface area contributed by atoms with E-state index in [2.05, 4.69) is 61.3 Å². The molecule has 13 N–H and O–H groups in total. The molecule has 5 aromatic rings. The molecule has 0 fully saturated rings. The number of nitrogens with one attached hydrogen (secondary N) is 3. The predicted octanol–water partition coefficient (Wildman–Crippen LogP) is 2.65. The number of aromatic nitrogens is 6. The highest BCUT2D eigenvalue weighted by atomic mass is 35.5. The first-order chi connectivity index (χ1) is 28.7. The zero-order valence-electron chi connectivity index (χ0n) is 29.7. The smallest absolute Gasteiger partial charge is 0.296 e. The third-order valence-corrected chi connectivity index (χ3v) is 11.5. The number of azo groups is 1. The van der Waals surface area contributed by atoms with Crippen LogP contribution < -0.4 is 33.3 Å². The van der Waals surface area contributed by atoms with E-state index >= 15 is 0 Å². The van der Waals surface area contributed by atoms with E-state index in [0.717, 1.165) is 36.4 Å². The molecule has 34 heteroatoms. The van der Waals surface area contributed by atoms with Crippen molar-refractivity contribution in [2.24, 2.45) is 15.3 Å². The van der Waals surface area contributed by atoms with Crippen LogP contribution in [0, 0.1) is 0 Å². The van der Waals surface area contributed by atoms with Gasteiger partial charge in [0.1, 0.15) is 31.0 Å². The molecule has 0 atom stereocenters. The Balaban J connectivity index is 1.48. The zero-order chi connectivity index (χ0) is 45.7. The maximum Gasteiger partial charge on any atom is 0.296 e. The number of nitrogens with zero attached hydrogens (tertiary/aromatic N) is 9. The van der Waals surface area contributed by atoms with Crippen LogP contribution >= 0.6 is 23.2 Å². The van der Waals surface area contributed by atoms with Gasteiger partial charge in [-0.3, -0.25) is 28.4 Å². The molecule has 3 aromatic carbocycles. The summed E-state index contributed by atoms with van der Waals surface area (Å²) in [6.07, 6.45) is 0.501. The van der Waals surface area contributed by atoms with Crippen LogP contribution in [0.25, 0.3) is 6.08 Å². The van der Waals surface area contributed by atoms with Crippen molar-refractivity contribution in [2.45, 2.75) is 14.7 Å². The second-order valence-corrected chi connectivity index (χ2v) is 18.1. The molecule has 2 heterocycles. The molecule has 1 aliphatic carbocycles. The van der Waals surface area contributed by atoms with E-state index in [-0.39, 0.29) is 45.7 Å². The average Bonchev–Trinajstić information content (AvgIpc) is 3.11. The van der Waals surface area contributed by atoms with E-state index < -0.39 is 105 Å². The Morgan fingerprint density at radius 1 is 0.613 bits per heavy atom. The Hall–Kier alpha value is -6.62. The van der Waals surface area contributed by atoms with Gasteiger partial charge in [0.05, 0.1) is 16.9 Å². The number of rotatable bonds is 12. The number of anilines is 8.